The van der Waals surface area contributed by atoms with E-state index in [4.69, 9.17) is 14.3 Å². The Morgan fingerprint density at radius 2 is 2.09 bits per heavy atom. The van der Waals surface area contributed by atoms with E-state index in [0.717, 1.165) is 19.3 Å². The molecule has 0 spiro atoms. The number of aryl methyl sites for hydroxylation is 1. The van der Waals surface area contributed by atoms with E-state index < -0.39 is 5.97 Å². The molecular weight excluding hydrogens is 304 g/mol. The van der Waals surface area contributed by atoms with Crippen LogP contribution in [0.25, 0.3) is 0 Å². The van der Waals surface area contributed by atoms with E-state index in [0.29, 0.717) is 29.2 Å². The van der Waals surface area contributed by atoms with Gasteiger partial charge in [0, 0.05) is 12.2 Å². The minimum atomic E-state index is -0.947. The Balaban J connectivity index is 1.70. The second-order valence-corrected chi connectivity index (χ2v) is 5.64. The molecule has 6 nitrogen and oxygen atoms in total. The third kappa shape index (κ3) is 5.07. The van der Waals surface area contributed by atoms with Crippen molar-refractivity contribution in [1.82, 2.24) is 10.2 Å². The SMILES string of the molecule is CCCCc1nnc(SCCOc2ccc(C(=O)O)cc2)o1. The van der Waals surface area contributed by atoms with Gasteiger partial charge in [-0.3, -0.25) is 0 Å². The molecule has 1 N–H and O–H groups in total. The van der Waals surface area contributed by atoms with Crippen molar-refractivity contribution in [2.75, 3.05) is 12.4 Å². The molecular formula is C15H18N2O4S. The first-order valence-electron chi connectivity index (χ1n) is 7.10. The maximum atomic E-state index is 10.7. The number of carboxylic acids is 1. The molecule has 0 amide bonds. The molecule has 0 unspecified atom stereocenters. The van der Waals surface area contributed by atoms with Gasteiger partial charge in [0.05, 0.1) is 12.2 Å². The van der Waals surface area contributed by atoms with Crippen LogP contribution in [0.1, 0.15) is 36.0 Å². The van der Waals surface area contributed by atoms with Gasteiger partial charge >= 0.3 is 5.97 Å². The molecule has 7 heteroatoms. The molecule has 2 rings (SSSR count). The topological polar surface area (TPSA) is 85.5 Å². The number of benzene rings is 1. The number of hydrogen-bond donors (Lipinski definition) is 1. The Hall–Kier alpha value is -2.02. The summed E-state index contributed by atoms with van der Waals surface area (Å²) in [5.41, 5.74) is 0.243. The quantitative estimate of drug-likeness (QED) is 0.560. The smallest absolute Gasteiger partial charge is 0.335 e. The standard InChI is InChI=1S/C15H18N2O4S/c1-2-3-4-13-16-17-15(21-13)22-10-9-20-12-7-5-11(6-8-12)14(18)19/h5-8H,2-4,9-10H2,1H3,(H,18,19). The van der Waals surface area contributed by atoms with Crippen LogP contribution < -0.4 is 4.74 Å². The van der Waals surface area contributed by atoms with Crippen LogP contribution in [0.2, 0.25) is 0 Å². The van der Waals surface area contributed by atoms with Crippen LogP contribution in [0.3, 0.4) is 0 Å². The number of aromatic nitrogens is 2. The van der Waals surface area contributed by atoms with Crippen molar-refractivity contribution in [1.29, 1.82) is 0 Å². The number of hydrogen-bond acceptors (Lipinski definition) is 6. The maximum Gasteiger partial charge on any atom is 0.335 e. The van der Waals surface area contributed by atoms with Crippen LogP contribution in [0, 0.1) is 0 Å². The predicted octanol–water partition coefficient (Wildman–Crippen LogP) is 3.28. The van der Waals surface area contributed by atoms with Gasteiger partial charge in [0.1, 0.15) is 5.75 Å². The Morgan fingerprint density at radius 1 is 1.32 bits per heavy atom. The zero-order chi connectivity index (χ0) is 15.8. The molecule has 0 aliphatic heterocycles. The molecule has 0 bridgehead atoms. The molecule has 0 saturated heterocycles. The molecule has 0 fully saturated rings. The number of thioether (sulfide) groups is 1. The lowest BCUT2D eigenvalue weighted by Gasteiger charge is -2.04. The molecule has 1 aromatic carbocycles. The average molecular weight is 322 g/mol. The summed E-state index contributed by atoms with van der Waals surface area (Å²) in [6.45, 7) is 2.59. The first kappa shape index (κ1) is 16.4. The van der Waals surface area contributed by atoms with E-state index in [-0.39, 0.29) is 5.56 Å². The van der Waals surface area contributed by atoms with E-state index >= 15 is 0 Å². The van der Waals surface area contributed by atoms with E-state index in [9.17, 15) is 4.79 Å². The zero-order valence-corrected chi connectivity index (χ0v) is 13.1. The number of carboxylic acid groups (broad SMARTS) is 1. The van der Waals surface area contributed by atoms with E-state index in [2.05, 4.69) is 17.1 Å². The Morgan fingerprint density at radius 3 is 2.77 bits per heavy atom. The lowest BCUT2D eigenvalue weighted by Crippen LogP contribution is -2.01. The lowest BCUT2D eigenvalue weighted by atomic mass is 10.2. The highest BCUT2D eigenvalue weighted by Crippen LogP contribution is 2.18. The molecule has 1 heterocycles. The fourth-order valence-corrected chi connectivity index (χ4v) is 2.30. The minimum Gasteiger partial charge on any atom is -0.493 e. The average Bonchev–Trinajstić information content (AvgIpc) is 2.98. The summed E-state index contributed by atoms with van der Waals surface area (Å²) in [5.74, 6) is 1.04. The highest BCUT2D eigenvalue weighted by atomic mass is 32.2. The molecule has 2 aromatic rings. The minimum absolute atomic E-state index is 0.243. The first-order valence-corrected chi connectivity index (χ1v) is 8.09. The van der Waals surface area contributed by atoms with Crippen molar-refractivity contribution in [3.8, 4) is 5.75 Å². The number of aromatic carboxylic acids is 1. The molecule has 0 atom stereocenters. The number of rotatable bonds is 9. The van der Waals surface area contributed by atoms with Crippen LogP contribution in [0.15, 0.2) is 33.9 Å². The van der Waals surface area contributed by atoms with Gasteiger partial charge in [-0.15, -0.1) is 10.2 Å². The molecule has 118 valence electrons. The Labute approximate surface area is 132 Å². The predicted molar refractivity (Wildman–Crippen MR) is 82.5 cm³/mol. The highest BCUT2D eigenvalue weighted by Gasteiger charge is 2.06. The lowest BCUT2D eigenvalue weighted by molar-refractivity contribution is 0.0697. The van der Waals surface area contributed by atoms with Crippen molar-refractivity contribution in [3.63, 3.8) is 0 Å². The third-order valence-corrected chi connectivity index (χ3v) is 3.65. The second-order valence-electron chi connectivity index (χ2n) is 4.59. The van der Waals surface area contributed by atoms with Gasteiger partial charge in [0.2, 0.25) is 5.89 Å². The third-order valence-electron chi connectivity index (χ3n) is 2.87. The number of ether oxygens (including phenoxy) is 1. The van der Waals surface area contributed by atoms with Crippen molar-refractivity contribution >= 4 is 17.7 Å². The van der Waals surface area contributed by atoms with Crippen molar-refractivity contribution in [3.05, 3.63) is 35.7 Å². The number of nitrogens with zero attached hydrogens (tertiary/aromatic N) is 2. The van der Waals surface area contributed by atoms with Gasteiger partial charge in [-0.2, -0.15) is 0 Å². The second kappa shape index (κ2) is 8.43. The van der Waals surface area contributed by atoms with Crippen LogP contribution in [-0.4, -0.2) is 33.6 Å². The molecule has 0 radical (unpaired) electrons. The normalized spacial score (nSPS) is 10.6. The summed E-state index contributed by atoms with van der Waals surface area (Å²) in [4.78, 5) is 10.7. The van der Waals surface area contributed by atoms with E-state index in [1.165, 1.54) is 23.9 Å². The first-order chi connectivity index (χ1) is 10.7. The largest absolute Gasteiger partial charge is 0.493 e. The van der Waals surface area contributed by atoms with Gasteiger partial charge in [0.25, 0.3) is 5.22 Å². The van der Waals surface area contributed by atoms with Crippen LogP contribution in [0.4, 0.5) is 0 Å². The van der Waals surface area contributed by atoms with Crippen molar-refractivity contribution < 1.29 is 19.1 Å². The highest BCUT2D eigenvalue weighted by molar-refractivity contribution is 7.99. The Kier molecular flexibility index (Phi) is 6.27. The van der Waals surface area contributed by atoms with Gasteiger partial charge in [-0.25, -0.2) is 4.79 Å². The van der Waals surface area contributed by atoms with Crippen molar-refractivity contribution in [2.24, 2.45) is 0 Å². The maximum absolute atomic E-state index is 10.7. The summed E-state index contributed by atoms with van der Waals surface area (Å²) in [7, 11) is 0. The van der Waals surface area contributed by atoms with Crippen LogP contribution >= 0.6 is 11.8 Å². The zero-order valence-electron chi connectivity index (χ0n) is 12.3. The van der Waals surface area contributed by atoms with Gasteiger partial charge in [0.15, 0.2) is 0 Å². The summed E-state index contributed by atoms with van der Waals surface area (Å²) >= 11 is 1.44. The molecule has 0 aliphatic carbocycles. The van der Waals surface area contributed by atoms with E-state index in [1.54, 1.807) is 12.1 Å². The van der Waals surface area contributed by atoms with Gasteiger partial charge in [-0.05, 0) is 30.7 Å². The van der Waals surface area contributed by atoms with E-state index in [1.807, 2.05) is 0 Å². The number of carbonyl (C=O) groups is 1. The monoisotopic (exact) mass is 322 g/mol. The summed E-state index contributed by atoms with van der Waals surface area (Å²) in [6, 6.07) is 6.32. The fraction of sp³-hybridized carbons (Fsp3) is 0.400. The summed E-state index contributed by atoms with van der Waals surface area (Å²) in [6.07, 6.45) is 2.96. The van der Waals surface area contributed by atoms with Crippen molar-refractivity contribution in [2.45, 2.75) is 31.4 Å². The molecule has 1 aromatic heterocycles. The van der Waals surface area contributed by atoms with Crippen LogP contribution in [0.5, 0.6) is 5.75 Å². The number of unbranched alkanes of at least 4 members (excludes halogenated alkanes) is 1. The van der Waals surface area contributed by atoms with Crippen LogP contribution in [-0.2, 0) is 6.42 Å². The summed E-state index contributed by atoms with van der Waals surface area (Å²) < 4.78 is 11.0. The Bertz CT molecular complexity index is 598. The van der Waals surface area contributed by atoms with Gasteiger partial charge < -0.3 is 14.3 Å². The molecule has 22 heavy (non-hydrogen) atoms. The van der Waals surface area contributed by atoms with Gasteiger partial charge in [-0.1, -0.05) is 25.1 Å². The molecule has 0 saturated carbocycles. The molecule has 0 aliphatic rings. The summed E-state index contributed by atoms with van der Waals surface area (Å²) in [5, 5.41) is 17.3. The fourth-order valence-electron chi connectivity index (χ4n) is 1.71.